The van der Waals surface area contributed by atoms with Crippen LogP contribution in [0.5, 0.6) is 0 Å². The molecule has 0 aliphatic carbocycles. The summed E-state index contributed by atoms with van der Waals surface area (Å²) in [6.07, 6.45) is 5.97. The molecule has 0 aliphatic rings. The summed E-state index contributed by atoms with van der Waals surface area (Å²) in [7, 11) is 0. The highest BCUT2D eigenvalue weighted by Crippen LogP contribution is 2.28. The van der Waals surface area contributed by atoms with Crippen LogP contribution < -0.4 is 0 Å². The molecule has 0 saturated heterocycles. The highest BCUT2D eigenvalue weighted by Gasteiger charge is 2.08. The molecule has 0 aliphatic heterocycles. The zero-order valence-corrected chi connectivity index (χ0v) is 9.32. The van der Waals surface area contributed by atoms with Gasteiger partial charge in [0.1, 0.15) is 0 Å². The molecule has 1 aromatic rings. The van der Waals surface area contributed by atoms with Crippen molar-refractivity contribution in [1.82, 2.24) is 0 Å². The Morgan fingerprint density at radius 1 is 1.46 bits per heavy atom. The van der Waals surface area contributed by atoms with Gasteiger partial charge in [0, 0.05) is 4.88 Å². The Balaban J connectivity index is 3.08. The lowest BCUT2D eigenvalue weighted by Crippen LogP contribution is -1.87. The van der Waals surface area contributed by atoms with Crippen molar-refractivity contribution in [3.8, 4) is 0 Å². The van der Waals surface area contributed by atoms with Gasteiger partial charge in [0.15, 0.2) is 0 Å². The molecule has 0 saturated carbocycles. The number of aryl methyl sites for hydroxylation is 1. The first-order valence-electron chi connectivity index (χ1n) is 4.54. The van der Waals surface area contributed by atoms with Gasteiger partial charge in [0.25, 0.3) is 0 Å². The van der Waals surface area contributed by atoms with Crippen LogP contribution in [0.25, 0.3) is 6.08 Å². The van der Waals surface area contributed by atoms with Crippen molar-refractivity contribution in [2.45, 2.75) is 26.7 Å². The molecule has 13 heavy (non-hydrogen) atoms. The van der Waals surface area contributed by atoms with Gasteiger partial charge in [-0.15, -0.1) is 11.3 Å². The number of hydrogen-bond donors (Lipinski definition) is 0. The molecule has 0 N–H and O–H groups in total. The quantitative estimate of drug-likeness (QED) is 0.623. The van der Waals surface area contributed by atoms with Gasteiger partial charge < -0.3 is 0 Å². The minimum Gasteiger partial charge on any atom is -0.148 e. The van der Waals surface area contributed by atoms with Gasteiger partial charge in [0.2, 0.25) is 0 Å². The zero-order valence-electron chi connectivity index (χ0n) is 8.50. The predicted molar refractivity (Wildman–Crippen MR) is 62.4 cm³/mol. The number of hydrogen-bond acceptors (Lipinski definition) is 1. The van der Waals surface area contributed by atoms with E-state index in [2.05, 4.69) is 38.8 Å². The second kappa shape index (κ2) is 4.43. The van der Waals surface area contributed by atoms with Gasteiger partial charge >= 0.3 is 0 Å². The van der Waals surface area contributed by atoms with E-state index in [1.807, 2.05) is 23.5 Å². The Morgan fingerprint density at radius 2 is 2.15 bits per heavy atom. The second-order valence-corrected chi connectivity index (χ2v) is 4.49. The number of rotatable bonds is 3. The first-order chi connectivity index (χ1) is 6.16. The van der Waals surface area contributed by atoms with E-state index in [0.29, 0.717) is 5.92 Å². The maximum absolute atomic E-state index is 3.68. The molecule has 0 amide bonds. The van der Waals surface area contributed by atoms with Crippen molar-refractivity contribution >= 4 is 17.4 Å². The topological polar surface area (TPSA) is 0 Å². The first-order valence-corrected chi connectivity index (χ1v) is 5.42. The molecule has 0 bridgehead atoms. The molecule has 70 valence electrons. The highest BCUT2D eigenvalue weighted by molar-refractivity contribution is 7.10. The van der Waals surface area contributed by atoms with Crippen molar-refractivity contribution in [2.24, 2.45) is 0 Å². The van der Waals surface area contributed by atoms with E-state index in [-0.39, 0.29) is 0 Å². The van der Waals surface area contributed by atoms with Crippen LogP contribution in [-0.2, 0) is 0 Å². The van der Waals surface area contributed by atoms with E-state index >= 15 is 0 Å². The van der Waals surface area contributed by atoms with Crippen LogP contribution in [0, 0.1) is 6.92 Å². The molecule has 1 heteroatoms. The molecule has 0 spiro atoms. The Hall–Kier alpha value is -0.820. The standard InChI is InChI=1S/C12H16S/c1-5-6-7-11-10(4)13-8-12(11)9(2)3/h5-9H,1H2,2-4H3/b7-6-. The Bertz CT molecular complexity index is 316. The smallest absolute Gasteiger partial charge is 0.00895 e. The van der Waals surface area contributed by atoms with Crippen molar-refractivity contribution in [2.75, 3.05) is 0 Å². The SMILES string of the molecule is C=C/C=C\c1c(C(C)C)csc1C. The summed E-state index contributed by atoms with van der Waals surface area (Å²) in [5.74, 6) is 0.606. The van der Waals surface area contributed by atoms with Crippen LogP contribution in [0.3, 0.4) is 0 Å². The van der Waals surface area contributed by atoms with Crippen LogP contribution in [0.2, 0.25) is 0 Å². The molecule has 0 aromatic carbocycles. The molecule has 0 unspecified atom stereocenters. The highest BCUT2D eigenvalue weighted by atomic mass is 32.1. The molecule has 1 rings (SSSR count). The molecule has 0 nitrogen and oxygen atoms in total. The Kier molecular flexibility index (Phi) is 3.49. The number of allylic oxidation sites excluding steroid dienone is 2. The van der Waals surface area contributed by atoms with E-state index < -0.39 is 0 Å². The van der Waals surface area contributed by atoms with Gasteiger partial charge in [-0.05, 0) is 29.3 Å². The fourth-order valence-corrected chi connectivity index (χ4v) is 2.32. The van der Waals surface area contributed by atoms with E-state index in [1.165, 1.54) is 16.0 Å². The third-order valence-corrected chi connectivity index (χ3v) is 3.02. The lowest BCUT2D eigenvalue weighted by atomic mass is 10.0. The number of thiophene rings is 1. The van der Waals surface area contributed by atoms with Crippen LogP contribution in [0.15, 0.2) is 24.1 Å². The molecule has 0 radical (unpaired) electrons. The molecular weight excluding hydrogens is 176 g/mol. The third-order valence-electron chi connectivity index (χ3n) is 2.07. The van der Waals surface area contributed by atoms with Gasteiger partial charge in [-0.25, -0.2) is 0 Å². The van der Waals surface area contributed by atoms with Crippen LogP contribution >= 0.6 is 11.3 Å². The van der Waals surface area contributed by atoms with E-state index in [9.17, 15) is 0 Å². The van der Waals surface area contributed by atoms with Gasteiger partial charge in [-0.2, -0.15) is 0 Å². The molecule has 0 fully saturated rings. The van der Waals surface area contributed by atoms with Crippen molar-refractivity contribution in [3.63, 3.8) is 0 Å². The maximum atomic E-state index is 3.68. The third kappa shape index (κ3) is 2.31. The summed E-state index contributed by atoms with van der Waals surface area (Å²) in [4.78, 5) is 1.39. The minimum absolute atomic E-state index is 0.606. The first kappa shape index (κ1) is 10.3. The average molecular weight is 192 g/mol. The fourth-order valence-electron chi connectivity index (χ4n) is 1.31. The molecule has 1 aromatic heterocycles. The predicted octanol–water partition coefficient (Wildman–Crippen LogP) is 4.38. The normalized spacial score (nSPS) is 11.4. The van der Waals surface area contributed by atoms with E-state index in [1.54, 1.807) is 0 Å². The lowest BCUT2D eigenvalue weighted by molar-refractivity contribution is 0.869. The molecule has 0 atom stereocenters. The Labute approximate surface area is 84.6 Å². The van der Waals surface area contributed by atoms with Crippen molar-refractivity contribution < 1.29 is 0 Å². The lowest BCUT2D eigenvalue weighted by Gasteiger charge is -2.03. The molecular formula is C12H16S. The van der Waals surface area contributed by atoms with E-state index in [0.717, 1.165) is 0 Å². The van der Waals surface area contributed by atoms with Gasteiger partial charge in [0.05, 0.1) is 0 Å². The van der Waals surface area contributed by atoms with Gasteiger partial charge in [-0.3, -0.25) is 0 Å². The maximum Gasteiger partial charge on any atom is 0.00895 e. The van der Waals surface area contributed by atoms with Gasteiger partial charge in [-0.1, -0.05) is 38.7 Å². The van der Waals surface area contributed by atoms with Crippen LogP contribution in [0.1, 0.15) is 35.8 Å². The Morgan fingerprint density at radius 3 is 2.69 bits per heavy atom. The summed E-state index contributed by atoms with van der Waals surface area (Å²) < 4.78 is 0. The minimum atomic E-state index is 0.606. The average Bonchev–Trinajstić information content (AvgIpc) is 2.43. The monoisotopic (exact) mass is 192 g/mol. The van der Waals surface area contributed by atoms with E-state index in [4.69, 9.17) is 0 Å². The van der Waals surface area contributed by atoms with Crippen molar-refractivity contribution in [1.29, 1.82) is 0 Å². The fraction of sp³-hybridized carbons (Fsp3) is 0.333. The van der Waals surface area contributed by atoms with Crippen LogP contribution in [-0.4, -0.2) is 0 Å². The van der Waals surface area contributed by atoms with Crippen molar-refractivity contribution in [3.05, 3.63) is 40.1 Å². The summed E-state index contributed by atoms with van der Waals surface area (Å²) in [6.45, 7) is 10.3. The summed E-state index contributed by atoms with van der Waals surface area (Å²) >= 11 is 1.82. The summed E-state index contributed by atoms with van der Waals surface area (Å²) in [6, 6.07) is 0. The largest absolute Gasteiger partial charge is 0.148 e. The second-order valence-electron chi connectivity index (χ2n) is 3.41. The summed E-state index contributed by atoms with van der Waals surface area (Å²) in [5, 5.41) is 2.25. The summed E-state index contributed by atoms with van der Waals surface area (Å²) in [5.41, 5.74) is 2.82. The zero-order chi connectivity index (χ0) is 9.84. The molecule has 1 heterocycles. The van der Waals surface area contributed by atoms with Crippen LogP contribution in [0.4, 0.5) is 0 Å².